The molecule has 3 heterocycles. The number of carbonyl (C=O) groups excluding carboxylic acids is 2. The first kappa shape index (κ1) is 18.7. The predicted molar refractivity (Wildman–Crippen MR) is 109 cm³/mol. The van der Waals surface area contributed by atoms with Crippen LogP contribution in [0.5, 0.6) is 0 Å². The van der Waals surface area contributed by atoms with Crippen LogP contribution in [0.2, 0.25) is 0 Å². The lowest BCUT2D eigenvalue weighted by molar-refractivity contribution is 0.0758. The van der Waals surface area contributed by atoms with Crippen molar-refractivity contribution < 1.29 is 9.59 Å². The van der Waals surface area contributed by atoms with Gasteiger partial charge in [0.1, 0.15) is 6.07 Å². The smallest absolute Gasteiger partial charge is 0.292 e. The number of imidazole rings is 1. The summed E-state index contributed by atoms with van der Waals surface area (Å²) in [6.45, 7) is 1.42. The summed E-state index contributed by atoms with van der Waals surface area (Å²) in [5, 5.41) is 12.0. The van der Waals surface area contributed by atoms with Crippen molar-refractivity contribution in [2.75, 3.05) is 18.4 Å². The van der Waals surface area contributed by atoms with E-state index < -0.39 is 5.91 Å². The van der Waals surface area contributed by atoms with Gasteiger partial charge in [-0.15, -0.1) is 0 Å². The van der Waals surface area contributed by atoms with Gasteiger partial charge in [-0.25, -0.2) is 4.98 Å². The highest BCUT2D eigenvalue weighted by Crippen LogP contribution is 2.20. The molecule has 4 rings (SSSR count). The van der Waals surface area contributed by atoms with Gasteiger partial charge in [-0.05, 0) is 37.1 Å². The van der Waals surface area contributed by atoms with E-state index in [9.17, 15) is 14.9 Å². The second-order valence-corrected chi connectivity index (χ2v) is 7.06. The van der Waals surface area contributed by atoms with Crippen molar-refractivity contribution in [1.29, 1.82) is 5.26 Å². The molecule has 7 heteroatoms. The first-order valence-corrected chi connectivity index (χ1v) is 9.76. The van der Waals surface area contributed by atoms with Crippen LogP contribution < -0.4 is 5.32 Å². The Bertz CT molecular complexity index is 1100. The molecule has 1 N–H and O–H groups in total. The van der Waals surface area contributed by atoms with Gasteiger partial charge in [-0.2, -0.15) is 5.26 Å². The minimum atomic E-state index is -0.469. The van der Waals surface area contributed by atoms with Gasteiger partial charge in [0.2, 0.25) is 5.82 Å². The SMILES string of the molecule is N#Cc1ccccc1NC(=O)c1nc(C(=O)N2CCCCCC2)c2ccccn12. The van der Waals surface area contributed by atoms with E-state index in [-0.39, 0.29) is 17.4 Å². The van der Waals surface area contributed by atoms with E-state index in [2.05, 4.69) is 16.4 Å². The van der Waals surface area contributed by atoms with Crippen LogP contribution in [0.1, 0.15) is 52.4 Å². The number of hydrogen-bond donors (Lipinski definition) is 1. The molecule has 2 aromatic heterocycles. The Hall–Kier alpha value is -3.66. The summed E-state index contributed by atoms with van der Waals surface area (Å²) in [5.41, 5.74) is 1.65. The van der Waals surface area contributed by atoms with Gasteiger partial charge in [0, 0.05) is 19.3 Å². The number of anilines is 1. The number of pyridine rings is 1. The lowest BCUT2D eigenvalue weighted by Crippen LogP contribution is -2.32. The number of amides is 2. The van der Waals surface area contributed by atoms with Gasteiger partial charge in [-0.3, -0.25) is 14.0 Å². The van der Waals surface area contributed by atoms with E-state index in [1.165, 1.54) is 0 Å². The van der Waals surface area contributed by atoms with E-state index in [0.29, 0.717) is 29.9 Å². The second-order valence-electron chi connectivity index (χ2n) is 7.06. The van der Waals surface area contributed by atoms with Crippen LogP contribution in [0.3, 0.4) is 0 Å². The summed E-state index contributed by atoms with van der Waals surface area (Å²) in [6, 6.07) is 14.2. The van der Waals surface area contributed by atoms with Gasteiger partial charge in [0.25, 0.3) is 11.8 Å². The number of rotatable bonds is 3. The Labute approximate surface area is 168 Å². The minimum absolute atomic E-state index is 0.117. The quantitative estimate of drug-likeness (QED) is 0.745. The Balaban J connectivity index is 1.69. The number of benzene rings is 1. The van der Waals surface area contributed by atoms with Crippen LogP contribution in [0.25, 0.3) is 5.52 Å². The summed E-state index contributed by atoms with van der Waals surface area (Å²) < 4.78 is 1.62. The maximum Gasteiger partial charge on any atom is 0.292 e. The molecule has 29 heavy (non-hydrogen) atoms. The van der Waals surface area contributed by atoms with Crippen LogP contribution in [0.4, 0.5) is 5.69 Å². The average Bonchev–Trinajstić information content (AvgIpc) is 2.93. The zero-order valence-electron chi connectivity index (χ0n) is 16.0. The number of para-hydroxylation sites is 1. The number of aromatic nitrogens is 2. The molecule has 1 aromatic carbocycles. The molecule has 146 valence electrons. The van der Waals surface area contributed by atoms with E-state index in [1.807, 2.05) is 11.0 Å². The Morgan fingerprint density at radius 2 is 1.72 bits per heavy atom. The van der Waals surface area contributed by atoms with Crippen LogP contribution in [0, 0.1) is 11.3 Å². The normalized spacial score (nSPS) is 14.2. The first-order valence-electron chi connectivity index (χ1n) is 9.76. The fourth-order valence-corrected chi connectivity index (χ4v) is 3.65. The summed E-state index contributed by atoms with van der Waals surface area (Å²) >= 11 is 0. The van der Waals surface area contributed by atoms with Crippen molar-refractivity contribution >= 4 is 23.0 Å². The molecule has 0 saturated carbocycles. The highest BCUT2D eigenvalue weighted by atomic mass is 16.2. The molecule has 3 aromatic rings. The number of likely N-dealkylation sites (tertiary alicyclic amines) is 1. The molecule has 2 amide bonds. The summed E-state index contributed by atoms with van der Waals surface area (Å²) in [4.78, 5) is 32.3. The zero-order chi connectivity index (χ0) is 20.2. The third kappa shape index (κ3) is 3.69. The monoisotopic (exact) mass is 387 g/mol. The molecule has 0 radical (unpaired) electrons. The van der Waals surface area contributed by atoms with Gasteiger partial charge >= 0.3 is 0 Å². The largest absolute Gasteiger partial charge is 0.337 e. The van der Waals surface area contributed by atoms with Crippen LogP contribution in [-0.4, -0.2) is 39.2 Å². The lowest BCUT2D eigenvalue weighted by Gasteiger charge is -2.19. The fourth-order valence-electron chi connectivity index (χ4n) is 3.65. The van der Waals surface area contributed by atoms with Gasteiger partial charge < -0.3 is 10.2 Å². The summed E-state index contributed by atoms with van der Waals surface area (Å²) in [5.74, 6) is -0.498. The molecule has 0 spiro atoms. The maximum atomic E-state index is 13.1. The Kier molecular flexibility index (Phi) is 5.25. The van der Waals surface area contributed by atoms with Crippen molar-refractivity contribution in [2.45, 2.75) is 25.7 Å². The van der Waals surface area contributed by atoms with Gasteiger partial charge in [0.05, 0.1) is 16.8 Å². The average molecular weight is 387 g/mol. The first-order chi connectivity index (χ1) is 14.2. The molecule has 1 saturated heterocycles. The van der Waals surface area contributed by atoms with Crippen molar-refractivity contribution in [3.05, 3.63) is 65.7 Å². The van der Waals surface area contributed by atoms with E-state index in [4.69, 9.17) is 0 Å². The number of nitrogens with zero attached hydrogens (tertiary/aromatic N) is 4. The summed E-state index contributed by atoms with van der Waals surface area (Å²) in [7, 11) is 0. The molecule has 0 atom stereocenters. The Morgan fingerprint density at radius 3 is 2.48 bits per heavy atom. The molecule has 1 aliphatic rings. The van der Waals surface area contributed by atoms with Crippen LogP contribution in [0.15, 0.2) is 48.7 Å². The molecule has 0 bridgehead atoms. The standard InChI is InChI=1S/C22H21N5O2/c23-15-16-9-3-4-10-17(16)24-21(28)20-25-19(18-11-5-8-14-27(18)20)22(29)26-12-6-1-2-7-13-26/h3-5,8-11,14H,1-2,6-7,12-13H2,(H,24,28). The fraction of sp³-hybridized carbons (Fsp3) is 0.273. The molecular weight excluding hydrogens is 366 g/mol. The number of nitrogens with one attached hydrogen (secondary N) is 1. The minimum Gasteiger partial charge on any atom is -0.337 e. The third-order valence-corrected chi connectivity index (χ3v) is 5.14. The van der Waals surface area contributed by atoms with Gasteiger partial charge in [0.15, 0.2) is 5.69 Å². The van der Waals surface area contributed by atoms with Crippen LogP contribution in [-0.2, 0) is 0 Å². The maximum absolute atomic E-state index is 13.1. The lowest BCUT2D eigenvalue weighted by atomic mass is 10.2. The topological polar surface area (TPSA) is 90.5 Å². The van der Waals surface area contributed by atoms with E-state index in [1.54, 1.807) is 47.0 Å². The number of hydrogen-bond acceptors (Lipinski definition) is 4. The molecule has 1 fully saturated rings. The van der Waals surface area contributed by atoms with Crippen molar-refractivity contribution in [3.8, 4) is 6.07 Å². The molecule has 7 nitrogen and oxygen atoms in total. The molecule has 0 aliphatic carbocycles. The highest BCUT2D eigenvalue weighted by molar-refractivity contribution is 6.06. The van der Waals surface area contributed by atoms with Crippen molar-refractivity contribution in [3.63, 3.8) is 0 Å². The Morgan fingerprint density at radius 1 is 1.00 bits per heavy atom. The number of carbonyl (C=O) groups is 2. The third-order valence-electron chi connectivity index (χ3n) is 5.14. The van der Waals surface area contributed by atoms with Gasteiger partial charge in [-0.1, -0.05) is 31.0 Å². The van der Waals surface area contributed by atoms with Crippen LogP contribution >= 0.6 is 0 Å². The number of nitriles is 1. The molecule has 0 unspecified atom stereocenters. The van der Waals surface area contributed by atoms with Crippen molar-refractivity contribution in [2.24, 2.45) is 0 Å². The second kappa shape index (κ2) is 8.15. The number of fused-ring (bicyclic) bond motifs is 1. The molecular formula is C22H21N5O2. The summed E-state index contributed by atoms with van der Waals surface area (Å²) in [6.07, 6.45) is 5.93. The zero-order valence-corrected chi connectivity index (χ0v) is 16.0. The molecule has 1 aliphatic heterocycles. The predicted octanol–water partition coefficient (Wildman–Crippen LogP) is 3.47. The van der Waals surface area contributed by atoms with Crippen molar-refractivity contribution in [1.82, 2.24) is 14.3 Å². The van der Waals surface area contributed by atoms with E-state index in [0.717, 1.165) is 25.7 Å². The van der Waals surface area contributed by atoms with E-state index >= 15 is 0 Å². The highest BCUT2D eigenvalue weighted by Gasteiger charge is 2.26.